The number of piperidine rings is 1. The smallest absolute Gasteiger partial charge is 0.228 e. The molecule has 1 saturated heterocycles. The first-order valence-electron chi connectivity index (χ1n) is 9.90. The van der Waals surface area contributed by atoms with Crippen LogP contribution in [0.5, 0.6) is 5.75 Å². The normalized spacial score (nSPS) is 14.9. The molecule has 30 heavy (non-hydrogen) atoms. The number of halogens is 2. The summed E-state index contributed by atoms with van der Waals surface area (Å²) in [6.07, 6.45) is 1.27. The predicted molar refractivity (Wildman–Crippen MR) is 111 cm³/mol. The zero-order chi connectivity index (χ0) is 21.3. The van der Waals surface area contributed by atoms with E-state index in [1.807, 2.05) is 31.4 Å². The first-order chi connectivity index (χ1) is 14.4. The molecule has 1 aliphatic rings. The van der Waals surface area contributed by atoms with Gasteiger partial charge in [-0.05, 0) is 38.1 Å². The molecule has 0 unspecified atom stereocenters. The fourth-order valence-electron chi connectivity index (χ4n) is 3.69. The van der Waals surface area contributed by atoms with E-state index in [0.29, 0.717) is 25.9 Å². The Kier molecular flexibility index (Phi) is 5.85. The Hall–Kier alpha value is -2.74. The van der Waals surface area contributed by atoms with Crippen molar-refractivity contribution in [2.75, 3.05) is 13.1 Å². The van der Waals surface area contributed by atoms with E-state index in [4.69, 9.17) is 4.74 Å². The van der Waals surface area contributed by atoms with Gasteiger partial charge in [0.2, 0.25) is 5.91 Å². The van der Waals surface area contributed by atoms with Crippen LogP contribution in [0.1, 0.15) is 29.9 Å². The summed E-state index contributed by atoms with van der Waals surface area (Å²) in [6.45, 7) is 5.14. The molecule has 1 amide bonds. The van der Waals surface area contributed by atoms with Crippen molar-refractivity contribution in [3.8, 4) is 10.9 Å². The van der Waals surface area contributed by atoms with Gasteiger partial charge in [-0.3, -0.25) is 9.36 Å². The highest BCUT2D eigenvalue weighted by Crippen LogP contribution is 2.24. The van der Waals surface area contributed by atoms with Crippen LogP contribution in [0.2, 0.25) is 0 Å². The molecule has 0 aliphatic carbocycles. The third kappa shape index (κ3) is 4.38. The number of hydrogen-bond donors (Lipinski definition) is 0. The summed E-state index contributed by atoms with van der Waals surface area (Å²) in [5, 5.41) is 2.80. The van der Waals surface area contributed by atoms with Gasteiger partial charge in [-0.15, -0.1) is 11.3 Å². The number of rotatable bonds is 5. The molecule has 5 nitrogen and oxygen atoms in total. The quantitative estimate of drug-likeness (QED) is 0.600. The Bertz CT molecular complexity index is 1040. The highest BCUT2D eigenvalue weighted by atomic mass is 32.1. The zero-order valence-corrected chi connectivity index (χ0v) is 17.7. The Morgan fingerprint density at radius 2 is 1.87 bits per heavy atom. The van der Waals surface area contributed by atoms with Gasteiger partial charge >= 0.3 is 0 Å². The monoisotopic (exact) mass is 431 g/mol. The molecular formula is C22H23F2N3O2S. The average molecular weight is 432 g/mol. The average Bonchev–Trinajstić information content (AvgIpc) is 3.30. The van der Waals surface area contributed by atoms with Crippen molar-refractivity contribution in [1.29, 1.82) is 0 Å². The van der Waals surface area contributed by atoms with E-state index in [9.17, 15) is 13.6 Å². The third-order valence-electron chi connectivity index (χ3n) is 5.32. The number of benzene rings is 1. The third-order valence-corrected chi connectivity index (χ3v) is 6.19. The highest BCUT2D eigenvalue weighted by molar-refractivity contribution is 7.12. The van der Waals surface area contributed by atoms with Gasteiger partial charge in [0.15, 0.2) is 16.7 Å². The van der Waals surface area contributed by atoms with Crippen LogP contribution in [0.3, 0.4) is 0 Å². The van der Waals surface area contributed by atoms with Crippen molar-refractivity contribution in [2.45, 2.75) is 39.2 Å². The summed E-state index contributed by atoms with van der Waals surface area (Å²) in [5.74, 6) is -1.26. The molecule has 2 aromatic heterocycles. The molecule has 8 heteroatoms. The molecular weight excluding hydrogens is 408 g/mol. The lowest BCUT2D eigenvalue weighted by molar-refractivity contribution is -0.132. The molecule has 1 aromatic carbocycles. The van der Waals surface area contributed by atoms with Crippen molar-refractivity contribution < 1.29 is 18.3 Å². The number of carbonyl (C=O) groups is 1. The molecule has 0 saturated carbocycles. The molecule has 1 aliphatic heterocycles. The van der Waals surface area contributed by atoms with Crippen molar-refractivity contribution in [3.05, 3.63) is 64.4 Å². The Balaban J connectivity index is 1.32. The SMILES string of the molecule is Cc1ccc(C)n1-c1nc(CC(=O)N2CCC(Oc3ccc(F)cc3F)CC2)cs1. The molecule has 0 bridgehead atoms. The van der Waals surface area contributed by atoms with Gasteiger partial charge in [0.1, 0.15) is 11.9 Å². The standard InChI is InChI=1S/C22H23F2N3O2S/c1-14-3-4-15(2)27(14)22-25-17(13-30-22)12-21(28)26-9-7-18(8-10-26)29-20-6-5-16(23)11-19(20)24/h3-6,11,13,18H,7-10,12H2,1-2H3. The lowest BCUT2D eigenvalue weighted by atomic mass is 10.1. The molecule has 0 N–H and O–H groups in total. The summed E-state index contributed by atoms with van der Waals surface area (Å²) in [4.78, 5) is 19.1. The minimum Gasteiger partial charge on any atom is -0.487 e. The lowest BCUT2D eigenvalue weighted by Gasteiger charge is -2.32. The van der Waals surface area contributed by atoms with E-state index in [0.717, 1.165) is 28.3 Å². The number of carbonyl (C=O) groups excluding carboxylic acids is 1. The molecule has 158 valence electrons. The number of thiazole rings is 1. The van der Waals surface area contributed by atoms with Crippen LogP contribution in [0, 0.1) is 25.5 Å². The topological polar surface area (TPSA) is 47.4 Å². The van der Waals surface area contributed by atoms with Gasteiger partial charge < -0.3 is 9.64 Å². The second kappa shape index (κ2) is 8.55. The fraction of sp³-hybridized carbons (Fsp3) is 0.364. The summed E-state index contributed by atoms with van der Waals surface area (Å²) >= 11 is 1.53. The van der Waals surface area contributed by atoms with E-state index in [1.54, 1.807) is 4.90 Å². The minimum atomic E-state index is -0.707. The summed E-state index contributed by atoms with van der Waals surface area (Å²) in [7, 11) is 0. The molecule has 3 aromatic rings. The maximum atomic E-state index is 13.8. The number of hydrogen-bond acceptors (Lipinski definition) is 4. The second-order valence-corrected chi connectivity index (χ2v) is 8.36. The van der Waals surface area contributed by atoms with Crippen LogP contribution in [0.15, 0.2) is 35.7 Å². The van der Waals surface area contributed by atoms with Crippen LogP contribution in [-0.4, -0.2) is 39.6 Å². The minimum absolute atomic E-state index is 0.0270. The molecule has 4 rings (SSSR count). The van der Waals surface area contributed by atoms with E-state index in [1.165, 1.54) is 23.5 Å². The maximum absolute atomic E-state index is 13.8. The zero-order valence-electron chi connectivity index (χ0n) is 16.9. The molecule has 0 atom stereocenters. The van der Waals surface area contributed by atoms with Crippen molar-refractivity contribution >= 4 is 17.2 Å². The number of amides is 1. The van der Waals surface area contributed by atoms with E-state index in [2.05, 4.69) is 9.55 Å². The van der Waals surface area contributed by atoms with Crippen molar-refractivity contribution in [2.24, 2.45) is 0 Å². The number of ether oxygens (including phenoxy) is 1. The molecule has 1 fully saturated rings. The van der Waals surface area contributed by atoms with Gasteiger partial charge in [0.05, 0.1) is 12.1 Å². The number of nitrogens with zero attached hydrogens (tertiary/aromatic N) is 3. The summed E-state index contributed by atoms with van der Waals surface area (Å²) in [6, 6.07) is 7.39. The van der Waals surface area contributed by atoms with Crippen molar-refractivity contribution in [3.63, 3.8) is 0 Å². The lowest BCUT2D eigenvalue weighted by Crippen LogP contribution is -2.42. The van der Waals surface area contributed by atoms with Gasteiger partial charge in [-0.25, -0.2) is 13.8 Å². The number of aromatic nitrogens is 2. The van der Waals surface area contributed by atoms with E-state index in [-0.39, 0.29) is 24.2 Å². The van der Waals surface area contributed by atoms with Crippen LogP contribution in [0.4, 0.5) is 8.78 Å². The Labute approximate surface area is 177 Å². The van der Waals surface area contributed by atoms with Crippen LogP contribution >= 0.6 is 11.3 Å². The van der Waals surface area contributed by atoms with Gasteiger partial charge in [0.25, 0.3) is 0 Å². The van der Waals surface area contributed by atoms with Gasteiger partial charge in [-0.2, -0.15) is 0 Å². The van der Waals surface area contributed by atoms with Crippen LogP contribution in [-0.2, 0) is 11.2 Å². The van der Waals surface area contributed by atoms with Crippen LogP contribution in [0.25, 0.3) is 5.13 Å². The van der Waals surface area contributed by atoms with Crippen LogP contribution < -0.4 is 4.74 Å². The molecule has 0 spiro atoms. The summed E-state index contributed by atoms with van der Waals surface area (Å²) < 4.78 is 34.5. The number of likely N-dealkylation sites (tertiary alicyclic amines) is 1. The predicted octanol–water partition coefficient (Wildman–Crippen LogP) is 4.44. The molecule has 3 heterocycles. The Morgan fingerprint density at radius 3 is 2.53 bits per heavy atom. The van der Waals surface area contributed by atoms with E-state index >= 15 is 0 Å². The summed E-state index contributed by atoms with van der Waals surface area (Å²) in [5.41, 5.74) is 2.98. The first kappa shape index (κ1) is 20.5. The van der Waals surface area contributed by atoms with E-state index < -0.39 is 11.6 Å². The molecule has 0 radical (unpaired) electrons. The number of aryl methyl sites for hydroxylation is 2. The largest absolute Gasteiger partial charge is 0.487 e. The van der Waals surface area contributed by atoms with Crippen molar-refractivity contribution in [1.82, 2.24) is 14.5 Å². The van der Waals surface area contributed by atoms with Gasteiger partial charge in [0, 0.05) is 48.8 Å². The highest BCUT2D eigenvalue weighted by Gasteiger charge is 2.25. The maximum Gasteiger partial charge on any atom is 0.228 e. The fourth-order valence-corrected chi connectivity index (χ4v) is 4.63. The Morgan fingerprint density at radius 1 is 1.17 bits per heavy atom. The second-order valence-electron chi connectivity index (χ2n) is 7.52. The van der Waals surface area contributed by atoms with Gasteiger partial charge in [-0.1, -0.05) is 0 Å². The first-order valence-corrected chi connectivity index (χ1v) is 10.8.